The molecule has 0 saturated carbocycles. The summed E-state index contributed by atoms with van der Waals surface area (Å²) in [6, 6.07) is 0. The van der Waals surface area contributed by atoms with Crippen LogP contribution in [0, 0.1) is 5.41 Å². The maximum absolute atomic E-state index is 12.2. The summed E-state index contributed by atoms with van der Waals surface area (Å²) in [6.45, 7) is 4.75. The van der Waals surface area contributed by atoms with Gasteiger partial charge in [-0.2, -0.15) is 0 Å². The van der Waals surface area contributed by atoms with E-state index in [-0.39, 0.29) is 23.3 Å². The molecule has 2 N–H and O–H groups in total. The zero-order valence-electron chi connectivity index (χ0n) is 14.5. The van der Waals surface area contributed by atoms with Gasteiger partial charge in [0.1, 0.15) is 11.3 Å². The largest absolute Gasteiger partial charge is 0.396 e. The highest BCUT2D eigenvalue weighted by Gasteiger charge is 2.32. The van der Waals surface area contributed by atoms with Crippen molar-refractivity contribution in [3.05, 3.63) is 26.7 Å². The Kier molecular flexibility index (Phi) is 4.35. The first-order valence-corrected chi connectivity index (χ1v) is 8.38. The fourth-order valence-corrected chi connectivity index (χ4v) is 3.47. The van der Waals surface area contributed by atoms with Gasteiger partial charge in [-0.05, 0) is 37.8 Å². The molecule has 0 atom stereocenters. The van der Waals surface area contributed by atoms with Gasteiger partial charge in [-0.3, -0.25) is 18.8 Å². The number of likely N-dealkylation sites (tertiary alicyclic amines) is 1. The molecule has 0 spiro atoms. The topological polar surface area (TPSA) is 96.2 Å². The molecule has 1 aliphatic heterocycles. The van der Waals surface area contributed by atoms with Gasteiger partial charge in [0.25, 0.3) is 5.56 Å². The standard InChI is InChI=1S/C16H25N5O3/c1-4-16(10-22)5-7-21(8-6-16)9-11-17-12-13(18-11)19(2)15(24)20(3)14(12)23/h22H,4-10H2,1-3H3,(H,17,18). The Hall–Kier alpha value is -1.93. The van der Waals surface area contributed by atoms with Gasteiger partial charge in [0.2, 0.25) is 0 Å². The average Bonchev–Trinajstić information content (AvgIpc) is 3.03. The number of fused-ring (bicyclic) bond motifs is 1. The van der Waals surface area contributed by atoms with Crippen LogP contribution >= 0.6 is 0 Å². The number of H-pyrrole nitrogens is 1. The molecule has 0 aromatic carbocycles. The number of piperidine rings is 1. The third-order valence-electron chi connectivity index (χ3n) is 5.52. The van der Waals surface area contributed by atoms with Gasteiger partial charge in [-0.25, -0.2) is 9.78 Å². The van der Waals surface area contributed by atoms with Crippen molar-refractivity contribution in [1.29, 1.82) is 0 Å². The number of nitrogens with zero attached hydrogens (tertiary/aromatic N) is 4. The molecule has 0 unspecified atom stereocenters. The molecule has 24 heavy (non-hydrogen) atoms. The van der Waals surface area contributed by atoms with Gasteiger partial charge in [-0.1, -0.05) is 6.92 Å². The first-order chi connectivity index (χ1) is 11.4. The Morgan fingerprint density at radius 2 is 1.88 bits per heavy atom. The van der Waals surface area contributed by atoms with E-state index < -0.39 is 0 Å². The number of nitrogens with one attached hydrogen (secondary N) is 1. The summed E-state index contributed by atoms with van der Waals surface area (Å²) in [5, 5.41) is 9.62. The second kappa shape index (κ2) is 6.18. The molecule has 0 aliphatic carbocycles. The number of aliphatic hydroxyl groups excluding tert-OH is 1. The van der Waals surface area contributed by atoms with Crippen molar-refractivity contribution in [2.24, 2.45) is 19.5 Å². The van der Waals surface area contributed by atoms with E-state index in [4.69, 9.17) is 0 Å². The first-order valence-electron chi connectivity index (χ1n) is 8.38. The number of aromatic amines is 1. The van der Waals surface area contributed by atoms with Gasteiger partial charge in [0, 0.05) is 20.7 Å². The van der Waals surface area contributed by atoms with Crippen LogP contribution < -0.4 is 11.2 Å². The number of hydrogen-bond donors (Lipinski definition) is 2. The van der Waals surface area contributed by atoms with E-state index in [1.54, 1.807) is 7.05 Å². The fourth-order valence-electron chi connectivity index (χ4n) is 3.47. The Balaban J connectivity index is 1.83. The summed E-state index contributed by atoms with van der Waals surface area (Å²) >= 11 is 0. The summed E-state index contributed by atoms with van der Waals surface area (Å²) in [7, 11) is 3.08. The molecule has 132 valence electrons. The lowest BCUT2D eigenvalue weighted by atomic mass is 9.77. The van der Waals surface area contributed by atoms with Gasteiger partial charge in [0.05, 0.1) is 6.54 Å². The molecule has 3 heterocycles. The Morgan fingerprint density at radius 1 is 1.21 bits per heavy atom. The van der Waals surface area contributed by atoms with Crippen LogP contribution in [-0.2, 0) is 20.6 Å². The predicted octanol–water partition coefficient (Wildman–Crippen LogP) is -0.0552. The lowest BCUT2D eigenvalue weighted by Gasteiger charge is -2.39. The van der Waals surface area contributed by atoms with Crippen molar-refractivity contribution < 1.29 is 5.11 Å². The van der Waals surface area contributed by atoms with Crippen LogP contribution in [0.1, 0.15) is 32.0 Å². The zero-order chi connectivity index (χ0) is 17.5. The van der Waals surface area contributed by atoms with Gasteiger partial charge in [-0.15, -0.1) is 0 Å². The fraction of sp³-hybridized carbons (Fsp3) is 0.688. The van der Waals surface area contributed by atoms with Crippen molar-refractivity contribution in [3.8, 4) is 0 Å². The van der Waals surface area contributed by atoms with Crippen LogP contribution in [0.15, 0.2) is 9.59 Å². The first kappa shape index (κ1) is 16.9. The lowest BCUT2D eigenvalue weighted by molar-refractivity contribution is 0.0375. The van der Waals surface area contributed by atoms with Gasteiger partial charge in [0.15, 0.2) is 5.65 Å². The normalized spacial score (nSPS) is 18.3. The molecule has 0 bridgehead atoms. The maximum atomic E-state index is 12.2. The minimum atomic E-state index is -0.376. The monoisotopic (exact) mass is 335 g/mol. The molecular formula is C16H25N5O3. The van der Waals surface area contributed by atoms with Crippen molar-refractivity contribution in [2.45, 2.75) is 32.7 Å². The summed E-state index contributed by atoms with van der Waals surface area (Å²) < 4.78 is 2.48. The minimum Gasteiger partial charge on any atom is -0.396 e. The molecule has 1 aliphatic rings. The van der Waals surface area contributed by atoms with Crippen molar-refractivity contribution in [3.63, 3.8) is 0 Å². The van der Waals surface area contributed by atoms with Crippen LogP contribution in [0.3, 0.4) is 0 Å². The molecule has 2 aromatic rings. The van der Waals surface area contributed by atoms with E-state index in [0.29, 0.717) is 23.5 Å². The van der Waals surface area contributed by atoms with Crippen molar-refractivity contribution in [2.75, 3.05) is 19.7 Å². The van der Waals surface area contributed by atoms with Gasteiger partial charge < -0.3 is 10.1 Å². The van der Waals surface area contributed by atoms with Crippen LogP contribution in [-0.4, -0.2) is 48.8 Å². The molecule has 8 nitrogen and oxygen atoms in total. The van der Waals surface area contributed by atoms with Crippen molar-refractivity contribution >= 4 is 11.2 Å². The third kappa shape index (κ3) is 2.69. The second-order valence-corrected chi connectivity index (χ2v) is 6.88. The molecule has 1 saturated heterocycles. The Morgan fingerprint density at radius 3 is 2.46 bits per heavy atom. The van der Waals surface area contributed by atoms with E-state index in [2.05, 4.69) is 21.8 Å². The number of imidazole rings is 1. The van der Waals surface area contributed by atoms with Crippen LogP contribution in [0.5, 0.6) is 0 Å². The summed E-state index contributed by atoms with van der Waals surface area (Å²) in [4.78, 5) is 34.0. The van der Waals surface area contributed by atoms with Crippen molar-refractivity contribution in [1.82, 2.24) is 24.0 Å². The van der Waals surface area contributed by atoms with Crippen LogP contribution in [0.2, 0.25) is 0 Å². The SMILES string of the molecule is CCC1(CO)CCN(Cc2nc3c([nH]2)c(=O)n(C)c(=O)n3C)CC1. The molecule has 0 amide bonds. The molecule has 2 aromatic heterocycles. The maximum Gasteiger partial charge on any atom is 0.332 e. The highest BCUT2D eigenvalue weighted by molar-refractivity contribution is 5.69. The summed E-state index contributed by atoms with van der Waals surface area (Å²) in [5.41, 5.74) is 0.0812. The Bertz CT molecular complexity index is 849. The smallest absolute Gasteiger partial charge is 0.332 e. The summed E-state index contributed by atoms with van der Waals surface area (Å²) in [6.07, 6.45) is 2.90. The third-order valence-corrected chi connectivity index (χ3v) is 5.52. The quantitative estimate of drug-likeness (QED) is 0.816. The Labute approximate surface area is 139 Å². The number of aliphatic hydroxyl groups is 1. The minimum absolute atomic E-state index is 0.0458. The molecule has 3 rings (SSSR count). The number of aromatic nitrogens is 4. The van der Waals surface area contributed by atoms with E-state index in [0.717, 1.165) is 36.9 Å². The number of hydrogen-bond acceptors (Lipinski definition) is 5. The highest BCUT2D eigenvalue weighted by Crippen LogP contribution is 2.34. The number of aryl methyl sites for hydroxylation is 1. The van der Waals surface area contributed by atoms with Gasteiger partial charge >= 0.3 is 5.69 Å². The molecule has 0 radical (unpaired) electrons. The number of rotatable bonds is 4. The molecular weight excluding hydrogens is 310 g/mol. The molecule has 8 heteroatoms. The van der Waals surface area contributed by atoms with E-state index in [1.807, 2.05) is 0 Å². The lowest BCUT2D eigenvalue weighted by Crippen LogP contribution is -2.41. The highest BCUT2D eigenvalue weighted by atomic mass is 16.3. The zero-order valence-corrected chi connectivity index (χ0v) is 14.5. The predicted molar refractivity (Wildman–Crippen MR) is 90.9 cm³/mol. The average molecular weight is 335 g/mol. The second-order valence-electron chi connectivity index (χ2n) is 6.88. The molecule has 1 fully saturated rings. The summed E-state index contributed by atoms with van der Waals surface area (Å²) in [5.74, 6) is 0.691. The van der Waals surface area contributed by atoms with Crippen LogP contribution in [0.4, 0.5) is 0 Å². The van der Waals surface area contributed by atoms with E-state index >= 15 is 0 Å². The van der Waals surface area contributed by atoms with E-state index in [9.17, 15) is 14.7 Å². The van der Waals surface area contributed by atoms with Crippen LogP contribution in [0.25, 0.3) is 11.2 Å². The van der Waals surface area contributed by atoms with E-state index in [1.165, 1.54) is 11.6 Å².